The number of carbonyl (C=O) groups excluding carboxylic acids is 1. The average molecular weight is 305 g/mol. The summed E-state index contributed by atoms with van der Waals surface area (Å²) in [5.74, 6) is 0.210. The Balaban J connectivity index is 1.79. The monoisotopic (exact) mass is 304 g/mol. The maximum Gasteiger partial charge on any atom is 0.273 e. The molecule has 3 heterocycles. The highest BCUT2D eigenvalue weighted by molar-refractivity contribution is 6.33. The first-order valence-corrected chi connectivity index (χ1v) is 7.43. The van der Waals surface area contributed by atoms with E-state index in [0.717, 1.165) is 25.9 Å². The molecule has 3 rings (SSSR count). The zero-order valence-corrected chi connectivity index (χ0v) is 12.3. The Morgan fingerprint density at radius 2 is 2.14 bits per heavy atom. The molecule has 5 nitrogen and oxygen atoms in total. The van der Waals surface area contributed by atoms with E-state index in [4.69, 9.17) is 11.6 Å². The molecule has 21 heavy (non-hydrogen) atoms. The second kappa shape index (κ2) is 6.28. The minimum absolute atomic E-state index is 0.181. The summed E-state index contributed by atoms with van der Waals surface area (Å²) in [5, 5.41) is 6.54. The van der Waals surface area contributed by atoms with E-state index in [1.165, 1.54) is 0 Å². The van der Waals surface area contributed by atoms with Gasteiger partial charge in [0.2, 0.25) is 0 Å². The van der Waals surface area contributed by atoms with Crippen LogP contribution in [0.5, 0.6) is 0 Å². The van der Waals surface area contributed by atoms with Gasteiger partial charge in [-0.2, -0.15) is 0 Å². The van der Waals surface area contributed by atoms with Gasteiger partial charge in [0.05, 0.1) is 5.02 Å². The topological polar surface area (TPSA) is 59.0 Å². The molecule has 110 valence electrons. The van der Waals surface area contributed by atoms with Crippen molar-refractivity contribution in [1.29, 1.82) is 0 Å². The second-order valence-corrected chi connectivity index (χ2v) is 5.48. The van der Waals surface area contributed by atoms with Gasteiger partial charge in [0.25, 0.3) is 5.91 Å². The predicted molar refractivity (Wildman–Crippen MR) is 82.8 cm³/mol. The molecule has 2 aromatic rings. The number of carbonyl (C=O) groups is 1. The molecule has 1 aliphatic heterocycles. The highest BCUT2D eigenvalue weighted by atomic mass is 35.5. The molecule has 6 heteroatoms. The van der Waals surface area contributed by atoms with Crippen molar-refractivity contribution in [2.24, 2.45) is 0 Å². The van der Waals surface area contributed by atoms with Crippen LogP contribution in [0.3, 0.4) is 0 Å². The minimum atomic E-state index is -0.181. The quantitative estimate of drug-likeness (QED) is 0.916. The van der Waals surface area contributed by atoms with Crippen molar-refractivity contribution in [3.05, 3.63) is 47.4 Å². The number of amides is 1. The largest absolute Gasteiger partial charge is 0.340 e. The summed E-state index contributed by atoms with van der Waals surface area (Å²) in [4.78, 5) is 16.5. The highest BCUT2D eigenvalue weighted by Gasteiger charge is 2.20. The van der Waals surface area contributed by atoms with Gasteiger partial charge in [-0.3, -0.25) is 4.79 Å². The fraction of sp³-hybridized carbons (Fsp3) is 0.333. The molecule has 0 atom stereocenters. The predicted octanol–water partition coefficient (Wildman–Crippen LogP) is 2.71. The van der Waals surface area contributed by atoms with Crippen molar-refractivity contribution >= 4 is 23.3 Å². The van der Waals surface area contributed by atoms with Crippen LogP contribution in [0, 0.1) is 0 Å². The van der Waals surface area contributed by atoms with Crippen LogP contribution in [0.25, 0.3) is 0 Å². The molecule has 2 aromatic heterocycles. The maximum absolute atomic E-state index is 12.4. The number of anilines is 1. The summed E-state index contributed by atoms with van der Waals surface area (Å²) in [6.45, 7) is 1.96. The Labute approximate surface area is 128 Å². The van der Waals surface area contributed by atoms with Crippen LogP contribution in [0.15, 0.2) is 36.7 Å². The fourth-order valence-corrected chi connectivity index (χ4v) is 2.81. The van der Waals surface area contributed by atoms with Gasteiger partial charge in [-0.25, -0.2) is 4.98 Å². The number of halogens is 1. The summed E-state index contributed by atoms with van der Waals surface area (Å²) < 4.78 is 2.05. The number of hydrogen-bond acceptors (Lipinski definition) is 3. The van der Waals surface area contributed by atoms with Gasteiger partial charge in [0, 0.05) is 18.4 Å². The van der Waals surface area contributed by atoms with Crippen molar-refractivity contribution in [3.63, 3.8) is 0 Å². The first kappa shape index (κ1) is 14.1. The summed E-state index contributed by atoms with van der Waals surface area (Å²) >= 11 is 6.03. The van der Waals surface area contributed by atoms with Crippen LogP contribution in [0.2, 0.25) is 5.02 Å². The van der Waals surface area contributed by atoms with Gasteiger partial charge in [0.15, 0.2) is 5.82 Å². The van der Waals surface area contributed by atoms with Gasteiger partial charge >= 0.3 is 0 Å². The van der Waals surface area contributed by atoms with Crippen molar-refractivity contribution < 1.29 is 4.79 Å². The Morgan fingerprint density at radius 3 is 2.90 bits per heavy atom. The fourth-order valence-electron chi connectivity index (χ4n) is 2.64. The Kier molecular flexibility index (Phi) is 4.22. The van der Waals surface area contributed by atoms with E-state index in [1.807, 2.05) is 22.9 Å². The zero-order valence-electron chi connectivity index (χ0n) is 11.6. The Hall–Kier alpha value is -1.85. The SMILES string of the molecule is O=C(Nc1ncccc1Cl)c1cccn1C1CCNCC1. The molecule has 1 aliphatic rings. The lowest BCUT2D eigenvalue weighted by Gasteiger charge is -2.25. The van der Waals surface area contributed by atoms with E-state index >= 15 is 0 Å². The molecule has 1 amide bonds. The Bertz CT molecular complexity index is 634. The number of nitrogens with one attached hydrogen (secondary N) is 2. The van der Waals surface area contributed by atoms with E-state index in [2.05, 4.69) is 15.6 Å². The van der Waals surface area contributed by atoms with Crippen LogP contribution in [-0.4, -0.2) is 28.5 Å². The third-order valence-electron chi connectivity index (χ3n) is 3.70. The van der Waals surface area contributed by atoms with Crippen molar-refractivity contribution in [2.45, 2.75) is 18.9 Å². The van der Waals surface area contributed by atoms with Crippen LogP contribution in [0.4, 0.5) is 5.82 Å². The summed E-state index contributed by atoms with van der Waals surface area (Å²) in [6.07, 6.45) is 5.62. The molecule has 1 fully saturated rings. The molecule has 0 unspecified atom stereocenters. The third-order valence-corrected chi connectivity index (χ3v) is 4.01. The van der Waals surface area contributed by atoms with Crippen LogP contribution in [-0.2, 0) is 0 Å². The number of pyridine rings is 1. The molecule has 0 aromatic carbocycles. The first-order chi connectivity index (χ1) is 10.3. The van der Waals surface area contributed by atoms with Crippen molar-refractivity contribution in [1.82, 2.24) is 14.9 Å². The second-order valence-electron chi connectivity index (χ2n) is 5.07. The molecule has 0 radical (unpaired) electrons. The number of piperidine rings is 1. The van der Waals surface area contributed by atoms with Crippen molar-refractivity contribution in [2.75, 3.05) is 18.4 Å². The number of hydrogen-bond donors (Lipinski definition) is 2. The van der Waals surface area contributed by atoms with Gasteiger partial charge in [-0.1, -0.05) is 11.6 Å². The van der Waals surface area contributed by atoms with Gasteiger partial charge in [0.1, 0.15) is 5.69 Å². The normalized spacial score (nSPS) is 15.9. The third kappa shape index (κ3) is 3.09. The standard InChI is InChI=1S/C15H17ClN4O/c16-12-3-1-7-18-14(12)19-15(21)13-4-2-10-20(13)11-5-8-17-9-6-11/h1-4,7,10-11,17H,5-6,8-9H2,(H,18,19,21). The lowest BCUT2D eigenvalue weighted by atomic mass is 10.1. The number of nitrogens with zero attached hydrogens (tertiary/aromatic N) is 2. The van der Waals surface area contributed by atoms with Crippen LogP contribution in [0.1, 0.15) is 29.4 Å². The molecule has 1 saturated heterocycles. The molecule has 0 aliphatic carbocycles. The molecule has 0 bridgehead atoms. The van der Waals surface area contributed by atoms with Gasteiger partial charge < -0.3 is 15.2 Å². The van der Waals surface area contributed by atoms with Gasteiger partial charge in [-0.15, -0.1) is 0 Å². The van der Waals surface area contributed by atoms with E-state index in [1.54, 1.807) is 18.3 Å². The molecular weight excluding hydrogens is 288 g/mol. The number of rotatable bonds is 3. The molecule has 2 N–H and O–H groups in total. The smallest absolute Gasteiger partial charge is 0.273 e. The summed E-state index contributed by atoms with van der Waals surface area (Å²) in [6, 6.07) is 7.53. The maximum atomic E-state index is 12.4. The number of aromatic nitrogens is 2. The minimum Gasteiger partial charge on any atom is -0.340 e. The van der Waals surface area contributed by atoms with Crippen LogP contribution >= 0.6 is 11.6 Å². The van der Waals surface area contributed by atoms with E-state index < -0.39 is 0 Å². The molecule has 0 spiro atoms. The lowest BCUT2D eigenvalue weighted by molar-refractivity contribution is 0.101. The van der Waals surface area contributed by atoms with E-state index in [9.17, 15) is 4.79 Å². The van der Waals surface area contributed by atoms with Crippen LogP contribution < -0.4 is 10.6 Å². The zero-order chi connectivity index (χ0) is 14.7. The lowest BCUT2D eigenvalue weighted by Crippen LogP contribution is -2.31. The Morgan fingerprint density at radius 1 is 1.33 bits per heavy atom. The van der Waals surface area contributed by atoms with E-state index in [0.29, 0.717) is 22.6 Å². The highest BCUT2D eigenvalue weighted by Crippen LogP contribution is 2.23. The summed E-state index contributed by atoms with van der Waals surface area (Å²) in [5.41, 5.74) is 0.642. The molecular formula is C15H17ClN4O. The molecule has 0 saturated carbocycles. The first-order valence-electron chi connectivity index (χ1n) is 7.05. The summed E-state index contributed by atoms with van der Waals surface area (Å²) in [7, 11) is 0. The van der Waals surface area contributed by atoms with E-state index in [-0.39, 0.29) is 5.91 Å². The van der Waals surface area contributed by atoms with Crippen molar-refractivity contribution in [3.8, 4) is 0 Å². The average Bonchev–Trinajstić information content (AvgIpc) is 3.00. The van der Waals surface area contributed by atoms with Gasteiger partial charge in [-0.05, 0) is 50.2 Å².